The van der Waals surface area contributed by atoms with Gasteiger partial charge in [0.1, 0.15) is 11.1 Å². The molecule has 12 rings (SSSR count). The molecule has 11 aromatic rings. The van der Waals surface area contributed by atoms with Crippen molar-refractivity contribution in [2.75, 3.05) is 4.90 Å². The minimum absolute atomic E-state index is 0.302. The Morgan fingerprint density at radius 3 is 1.87 bits per heavy atom. The van der Waals surface area contributed by atoms with Crippen LogP contribution in [0.4, 0.5) is 11.6 Å². The molecule has 7 aromatic carbocycles. The third-order valence-electron chi connectivity index (χ3n) is 12.8. The Morgan fingerprint density at radius 1 is 0.473 bits per heavy atom. The molecule has 0 N–H and O–H groups in total. The van der Waals surface area contributed by atoms with Gasteiger partial charge in [0.25, 0.3) is 0 Å². The lowest BCUT2D eigenvalue weighted by molar-refractivity contribution is 0.253. The zero-order chi connectivity index (χ0) is 36.8. The highest BCUT2D eigenvalue weighted by Crippen LogP contribution is 2.53. The largest absolute Gasteiger partial charge is 0.454 e. The monoisotopic (exact) mass is 711 g/mol. The molecule has 0 atom stereocenters. The Bertz CT molecular complexity index is 3340. The fourth-order valence-corrected chi connectivity index (χ4v) is 9.62. The third-order valence-corrected chi connectivity index (χ3v) is 12.8. The van der Waals surface area contributed by atoms with Crippen molar-refractivity contribution in [1.29, 1.82) is 0 Å². The lowest BCUT2D eigenvalue weighted by atomic mass is 9.82. The molecule has 0 radical (unpaired) electrons. The van der Waals surface area contributed by atoms with Gasteiger partial charge in [-0.25, -0.2) is 4.98 Å². The molecule has 0 fully saturated rings. The number of anilines is 2. The van der Waals surface area contributed by atoms with E-state index < -0.39 is 0 Å². The second kappa shape index (κ2) is 10.5. The molecule has 0 saturated carbocycles. The minimum Gasteiger partial charge on any atom is -0.454 e. The van der Waals surface area contributed by atoms with Crippen LogP contribution < -0.4 is 4.90 Å². The van der Waals surface area contributed by atoms with E-state index in [9.17, 15) is 0 Å². The van der Waals surface area contributed by atoms with E-state index in [0.717, 1.165) is 72.4 Å². The van der Waals surface area contributed by atoms with E-state index in [1.807, 2.05) is 6.07 Å². The summed E-state index contributed by atoms with van der Waals surface area (Å²) >= 11 is 0. The summed E-state index contributed by atoms with van der Waals surface area (Å²) < 4.78 is 13.9. The van der Waals surface area contributed by atoms with Crippen molar-refractivity contribution in [1.82, 2.24) is 18.7 Å². The van der Waals surface area contributed by atoms with Crippen LogP contribution in [0.5, 0.6) is 0 Å². The van der Waals surface area contributed by atoms with Crippen LogP contribution in [0.1, 0.15) is 27.7 Å². The average Bonchev–Trinajstić information content (AvgIpc) is 3.98. The zero-order valence-corrected chi connectivity index (χ0v) is 31.1. The molecule has 0 saturated heterocycles. The number of imidazole rings is 1. The number of rotatable bonds is 3. The topological polar surface area (TPSA) is 44.1 Å². The number of fused-ring (bicyclic) bond motifs is 13. The zero-order valence-electron chi connectivity index (χ0n) is 31.1. The second-order valence-electron chi connectivity index (χ2n) is 16.0. The smallest absolute Gasteiger partial charge is 0.212 e. The van der Waals surface area contributed by atoms with Gasteiger partial charge < -0.3 is 23.0 Å². The normalized spacial score (nSPS) is 15.2. The molecule has 1 aliphatic heterocycles. The van der Waals surface area contributed by atoms with E-state index in [2.05, 4.69) is 192 Å². The van der Waals surface area contributed by atoms with Gasteiger partial charge in [-0.1, -0.05) is 84.9 Å². The number of benzene rings is 7. The Balaban J connectivity index is 1.12. The van der Waals surface area contributed by atoms with Crippen molar-refractivity contribution in [2.24, 2.45) is 0 Å². The van der Waals surface area contributed by atoms with Gasteiger partial charge in [0, 0.05) is 43.7 Å². The van der Waals surface area contributed by atoms with Crippen molar-refractivity contribution < 1.29 is 4.42 Å². The third kappa shape index (κ3) is 3.81. The standard InChI is InChI=1S/C49H37N5O/c1-48(2)49(3,4)54-42-23-14-22-41(52-38-20-11-8-17-32(38)33-18-9-12-21-39(33)52)44(42)50-47(54)53(48)31-25-28-40-37(29-31)35-26-27-36-34-19-10-13-24-43(34)55-46(36)45(35)51(40)30-15-6-5-7-16-30/h5-29H,1-4H3. The highest BCUT2D eigenvalue weighted by Gasteiger charge is 2.53. The lowest BCUT2D eigenvalue weighted by Gasteiger charge is -2.41. The van der Waals surface area contributed by atoms with E-state index in [4.69, 9.17) is 9.40 Å². The van der Waals surface area contributed by atoms with Gasteiger partial charge in [0.2, 0.25) is 5.95 Å². The first-order valence-corrected chi connectivity index (χ1v) is 19.1. The summed E-state index contributed by atoms with van der Waals surface area (Å²) in [6.07, 6.45) is 0. The molecule has 4 aromatic heterocycles. The first-order chi connectivity index (χ1) is 26.8. The number of furan rings is 1. The molecule has 5 heterocycles. The molecule has 0 bridgehead atoms. The second-order valence-corrected chi connectivity index (χ2v) is 16.0. The quantitative estimate of drug-likeness (QED) is 0.183. The summed E-state index contributed by atoms with van der Waals surface area (Å²) in [5, 5.41) is 7.07. The van der Waals surface area contributed by atoms with Crippen LogP contribution in [-0.4, -0.2) is 24.2 Å². The van der Waals surface area contributed by atoms with Crippen LogP contribution in [0, 0.1) is 0 Å². The van der Waals surface area contributed by atoms with E-state index >= 15 is 0 Å². The average molecular weight is 712 g/mol. The molecule has 55 heavy (non-hydrogen) atoms. The molecule has 1 aliphatic rings. The van der Waals surface area contributed by atoms with Crippen molar-refractivity contribution in [3.05, 3.63) is 152 Å². The Hall–Kier alpha value is -6.79. The van der Waals surface area contributed by atoms with Crippen molar-refractivity contribution in [3.8, 4) is 11.4 Å². The summed E-state index contributed by atoms with van der Waals surface area (Å²) in [6.45, 7) is 9.39. The van der Waals surface area contributed by atoms with Gasteiger partial charge in [0.15, 0.2) is 5.58 Å². The van der Waals surface area contributed by atoms with Crippen molar-refractivity contribution >= 4 is 88.2 Å². The number of para-hydroxylation sites is 5. The van der Waals surface area contributed by atoms with Crippen LogP contribution in [-0.2, 0) is 5.54 Å². The summed E-state index contributed by atoms with van der Waals surface area (Å²) in [4.78, 5) is 8.09. The van der Waals surface area contributed by atoms with Crippen molar-refractivity contribution in [2.45, 2.75) is 38.8 Å². The summed E-state index contributed by atoms with van der Waals surface area (Å²) in [5.74, 6) is 0.948. The van der Waals surface area contributed by atoms with Crippen LogP contribution in [0.2, 0.25) is 0 Å². The summed E-state index contributed by atoms with van der Waals surface area (Å²) in [7, 11) is 0. The van der Waals surface area contributed by atoms with Crippen LogP contribution >= 0.6 is 0 Å². The molecule has 0 unspecified atom stereocenters. The van der Waals surface area contributed by atoms with Gasteiger partial charge in [-0.3, -0.25) is 0 Å². The lowest BCUT2D eigenvalue weighted by Crippen LogP contribution is -2.50. The molecular formula is C49H37N5O. The van der Waals surface area contributed by atoms with E-state index in [-0.39, 0.29) is 11.1 Å². The van der Waals surface area contributed by atoms with E-state index in [0.29, 0.717) is 0 Å². The van der Waals surface area contributed by atoms with Crippen LogP contribution in [0.25, 0.3) is 88.0 Å². The predicted octanol–water partition coefficient (Wildman–Crippen LogP) is 12.8. The Labute approximate surface area is 317 Å². The maximum atomic E-state index is 6.68. The summed E-state index contributed by atoms with van der Waals surface area (Å²) in [6, 6.07) is 54.4. The molecule has 264 valence electrons. The number of nitrogens with zero attached hydrogens (tertiary/aromatic N) is 5. The highest BCUT2D eigenvalue weighted by molar-refractivity contribution is 6.22. The molecule has 0 amide bonds. The number of aromatic nitrogens is 4. The van der Waals surface area contributed by atoms with Crippen molar-refractivity contribution in [3.63, 3.8) is 0 Å². The number of hydrogen-bond donors (Lipinski definition) is 0. The molecule has 0 aliphatic carbocycles. The highest BCUT2D eigenvalue weighted by atomic mass is 16.3. The van der Waals surface area contributed by atoms with Crippen LogP contribution in [0.15, 0.2) is 156 Å². The first-order valence-electron chi connectivity index (χ1n) is 19.1. The predicted molar refractivity (Wildman–Crippen MR) is 228 cm³/mol. The Kier molecular flexibility index (Phi) is 5.82. The van der Waals surface area contributed by atoms with E-state index in [1.54, 1.807) is 0 Å². The van der Waals surface area contributed by atoms with Gasteiger partial charge in [-0.2, -0.15) is 0 Å². The number of hydrogen-bond acceptors (Lipinski definition) is 3. The maximum Gasteiger partial charge on any atom is 0.212 e. The van der Waals surface area contributed by atoms with Gasteiger partial charge >= 0.3 is 0 Å². The fraction of sp³-hybridized carbons (Fsp3) is 0.122. The fourth-order valence-electron chi connectivity index (χ4n) is 9.62. The summed E-state index contributed by atoms with van der Waals surface area (Å²) in [5.41, 5.74) is 11.2. The first kappa shape index (κ1) is 30.6. The minimum atomic E-state index is -0.316. The van der Waals surface area contributed by atoms with Gasteiger partial charge in [-0.15, -0.1) is 0 Å². The Morgan fingerprint density at radius 2 is 1.11 bits per heavy atom. The SMILES string of the molecule is CC1(C)N(c2ccc3c(c2)c2ccc4c5ccccc5oc4c2n3-c2ccccc2)c2nc3c(-n4c5ccccc5c5ccccc54)cccc3n2C1(C)C. The van der Waals surface area contributed by atoms with Crippen LogP contribution in [0.3, 0.4) is 0 Å². The molecule has 6 heteroatoms. The van der Waals surface area contributed by atoms with E-state index in [1.165, 1.54) is 27.2 Å². The van der Waals surface area contributed by atoms with Gasteiger partial charge in [0.05, 0.1) is 44.3 Å². The van der Waals surface area contributed by atoms with Gasteiger partial charge in [-0.05, 0) is 94.4 Å². The molecular weight excluding hydrogens is 675 g/mol. The molecule has 0 spiro atoms. The maximum absolute atomic E-state index is 6.68. The molecule has 6 nitrogen and oxygen atoms in total.